The zero-order valence-electron chi connectivity index (χ0n) is 9.16. The minimum Gasteiger partial charge on any atom is -0.370 e. The van der Waals surface area contributed by atoms with Gasteiger partial charge in [-0.05, 0) is 25.3 Å². The molecule has 1 heterocycles. The van der Waals surface area contributed by atoms with Crippen molar-refractivity contribution in [1.82, 2.24) is 10.2 Å². The summed E-state index contributed by atoms with van der Waals surface area (Å²) in [6, 6.07) is 0.647. The lowest BCUT2D eigenvalue weighted by atomic mass is 9.98. The van der Waals surface area contributed by atoms with Crippen LogP contribution in [0, 0.1) is 5.92 Å². The van der Waals surface area contributed by atoms with Crippen LogP contribution in [-0.2, 0) is 0 Å². The van der Waals surface area contributed by atoms with Crippen LogP contribution in [0.3, 0.4) is 0 Å². The highest BCUT2D eigenvalue weighted by Crippen LogP contribution is 2.23. The van der Waals surface area contributed by atoms with E-state index in [0.29, 0.717) is 12.0 Å². The fourth-order valence-electron chi connectivity index (χ4n) is 2.30. The topological polar surface area (TPSA) is 15.3 Å². The number of nitrogens with one attached hydrogen (secondary N) is 1. The van der Waals surface area contributed by atoms with Crippen molar-refractivity contribution in [2.45, 2.75) is 26.3 Å². The molecule has 2 rings (SSSR count). The van der Waals surface area contributed by atoms with Gasteiger partial charge in [0.25, 0.3) is 0 Å². The summed E-state index contributed by atoms with van der Waals surface area (Å²) in [5, 5.41) is 3.43. The van der Waals surface area contributed by atoms with Gasteiger partial charge in [0.05, 0.1) is 0 Å². The summed E-state index contributed by atoms with van der Waals surface area (Å²) in [5.74, 6) is 0.706. The lowest BCUT2D eigenvalue weighted by molar-refractivity contribution is 0.212. The molecule has 14 heavy (non-hydrogen) atoms. The number of piperazine rings is 1. The third kappa shape index (κ3) is 2.01. The van der Waals surface area contributed by atoms with Crippen molar-refractivity contribution in [3.8, 4) is 0 Å². The molecule has 0 aromatic carbocycles. The number of allylic oxidation sites excluding steroid dienone is 4. The molecule has 0 saturated carbocycles. The fraction of sp³-hybridized carbons (Fsp3) is 0.667. The number of rotatable bonds is 1. The van der Waals surface area contributed by atoms with Gasteiger partial charge in [-0.3, -0.25) is 0 Å². The molecule has 2 nitrogen and oxygen atoms in total. The first-order valence-corrected chi connectivity index (χ1v) is 5.62. The molecule has 1 saturated heterocycles. The molecular formula is C12H20N2. The molecule has 78 valence electrons. The number of hydrogen-bond donors (Lipinski definition) is 1. The second-order valence-corrected chi connectivity index (χ2v) is 4.47. The first kappa shape index (κ1) is 9.78. The predicted octanol–water partition coefficient (Wildman–Crippen LogP) is 1.76. The molecule has 1 fully saturated rings. The zero-order chi connectivity index (χ0) is 9.97. The van der Waals surface area contributed by atoms with Gasteiger partial charge in [0.15, 0.2) is 0 Å². The van der Waals surface area contributed by atoms with Crippen molar-refractivity contribution in [2.24, 2.45) is 5.92 Å². The summed E-state index contributed by atoms with van der Waals surface area (Å²) in [5.41, 5.74) is 1.52. The number of nitrogens with zero attached hydrogens (tertiary/aromatic N) is 1. The Morgan fingerprint density at radius 2 is 2.29 bits per heavy atom. The first-order valence-electron chi connectivity index (χ1n) is 5.62. The SMILES string of the molecule is CC1C=CC=C(N2CCNC[C@H]2C)C1. The molecule has 0 aromatic rings. The fourth-order valence-corrected chi connectivity index (χ4v) is 2.30. The molecule has 0 amide bonds. The summed E-state index contributed by atoms with van der Waals surface area (Å²) in [6.45, 7) is 8.00. The van der Waals surface area contributed by atoms with Crippen molar-refractivity contribution in [2.75, 3.05) is 19.6 Å². The van der Waals surface area contributed by atoms with Crippen LogP contribution in [0.25, 0.3) is 0 Å². The lowest BCUT2D eigenvalue weighted by Crippen LogP contribution is -2.49. The minimum absolute atomic E-state index is 0.647. The van der Waals surface area contributed by atoms with E-state index in [9.17, 15) is 0 Å². The van der Waals surface area contributed by atoms with Crippen molar-refractivity contribution in [3.05, 3.63) is 23.9 Å². The van der Waals surface area contributed by atoms with E-state index < -0.39 is 0 Å². The predicted molar refractivity (Wildman–Crippen MR) is 60.0 cm³/mol. The molecule has 1 unspecified atom stereocenters. The van der Waals surface area contributed by atoms with Crippen LogP contribution in [-0.4, -0.2) is 30.6 Å². The Hall–Kier alpha value is -0.760. The van der Waals surface area contributed by atoms with Crippen LogP contribution in [0.4, 0.5) is 0 Å². The van der Waals surface area contributed by atoms with Crippen molar-refractivity contribution >= 4 is 0 Å². The molecule has 0 spiro atoms. The third-order valence-corrected chi connectivity index (χ3v) is 3.13. The third-order valence-electron chi connectivity index (χ3n) is 3.13. The Morgan fingerprint density at radius 3 is 3.00 bits per heavy atom. The van der Waals surface area contributed by atoms with Crippen LogP contribution < -0.4 is 5.32 Å². The summed E-state index contributed by atoms with van der Waals surface area (Å²) in [6.07, 6.45) is 7.98. The van der Waals surface area contributed by atoms with Crippen molar-refractivity contribution in [3.63, 3.8) is 0 Å². The highest BCUT2D eigenvalue weighted by molar-refractivity contribution is 5.19. The van der Waals surface area contributed by atoms with Crippen molar-refractivity contribution in [1.29, 1.82) is 0 Å². The Kier molecular flexibility index (Phi) is 2.92. The standard InChI is InChI=1S/C12H20N2/c1-10-4-3-5-12(8-10)14-7-6-13-9-11(14)2/h3-5,10-11,13H,6-9H2,1-2H3/t10?,11-/m1/s1. The van der Waals surface area contributed by atoms with Crippen LogP contribution in [0.15, 0.2) is 23.9 Å². The van der Waals surface area contributed by atoms with Gasteiger partial charge in [-0.15, -0.1) is 0 Å². The molecular weight excluding hydrogens is 172 g/mol. The molecule has 1 aliphatic carbocycles. The van der Waals surface area contributed by atoms with E-state index in [1.54, 1.807) is 0 Å². The highest BCUT2D eigenvalue weighted by atomic mass is 15.2. The summed E-state index contributed by atoms with van der Waals surface area (Å²) in [7, 11) is 0. The molecule has 0 bridgehead atoms. The van der Waals surface area contributed by atoms with Crippen LogP contribution >= 0.6 is 0 Å². The van der Waals surface area contributed by atoms with Gasteiger partial charge in [-0.1, -0.05) is 19.1 Å². The first-order chi connectivity index (χ1) is 6.77. The summed E-state index contributed by atoms with van der Waals surface area (Å²) < 4.78 is 0. The Morgan fingerprint density at radius 1 is 1.43 bits per heavy atom. The maximum Gasteiger partial charge on any atom is 0.0383 e. The van der Waals surface area contributed by atoms with E-state index in [1.165, 1.54) is 12.1 Å². The average Bonchev–Trinajstić information content (AvgIpc) is 2.18. The second kappa shape index (κ2) is 4.18. The number of hydrogen-bond acceptors (Lipinski definition) is 2. The van der Waals surface area contributed by atoms with Gasteiger partial charge in [0.2, 0.25) is 0 Å². The summed E-state index contributed by atoms with van der Waals surface area (Å²) >= 11 is 0. The van der Waals surface area contributed by atoms with E-state index in [0.717, 1.165) is 19.6 Å². The molecule has 2 atom stereocenters. The Labute approximate surface area is 86.7 Å². The minimum atomic E-state index is 0.647. The van der Waals surface area contributed by atoms with E-state index >= 15 is 0 Å². The normalized spacial score (nSPS) is 33.0. The zero-order valence-corrected chi connectivity index (χ0v) is 9.16. The van der Waals surface area contributed by atoms with E-state index in [2.05, 4.69) is 42.3 Å². The van der Waals surface area contributed by atoms with E-state index in [-0.39, 0.29) is 0 Å². The van der Waals surface area contributed by atoms with Crippen LogP contribution in [0.1, 0.15) is 20.3 Å². The molecule has 0 aromatic heterocycles. The van der Waals surface area contributed by atoms with Gasteiger partial charge in [0, 0.05) is 31.4 Å². The molecule has 0 radical (unpaired) electrons. The lowest BCUT2D eigenvalue weighted by Gasteiger charge is -2.38. The van der Waals surface area contributed by atoms with Gasteiger partial charge in [-0.25, -0.2) is 0 Å². The molecule has 1 N–H and O–H groups in total. The van der Waals surface area contributed by atoms with Gasteiger partial charge in [0.1, 0.15) is 0 Å². The quantitative estimate of drug-likeness (QED) is 0.681. The highest BCUT2D eigenvalue weighted by Gasteiger charge is 2.21. The Bertz CT molecular complexity index is 255. The maximum absolute atomic E-state index is 3.43. The largest absolute Gasteiger partial charge is 0.370 e. The molecule has 2 aliphatic rings. The molecule has 1 aliphatic heterocycles. The van der Waals surface area contributed by atoms with Gasteiger partial charge in [-0.2, -0.15) is 0 Å². The van der Waals surface area contributed by atoms with E-state index in [4.69, 9.17) is 0 Å². The maximum atomic E-state index is 3.43. The van der Waals surface area contributed by atoms with E-state index in [1.807, 2.05) is 0 Å². The van der Waals surface area contributed by atoms with Crippen molar-refractivity contribution < 1.29 is 0 Å². The average molecular weight is 192 g/mol. The van der Waals surface area contributed by atoms with Crippen LogP contribution in [0.2, 0.25) is 0 Å². The second-order valence-electron chi connectivity index (χ2n) is 4.47. The molecule has 2 heteroatoms. The van der Waals surface area contributed by atoms with Gasteiger partial charge < -0.3 is 10.2 Å². The smallest absolute Gasteiger partial charge is 0.0383 e. The Balaban J connectivity index is 2.06. The van der Waals surface area contributed by atoms with Crippen LogP contribution in [0.5, 0.6) is 0 Å². The monoisotopic (exact) mass is 192 g/mol. The summed E-state index contributed by atoms with van der Waals surface area (Å²) in [4.78, 5) is 2.55. The van der Waals surface area contributed by atoms with Gasteiger partial charge >= 0.3 is 0 Å².